The van der Waals surface area contributed by atoms with Crippen LogP contribution >= 0.6 is 11.3 Å². The summed E-state index contributed by atoms with van der Waals surface area (Å²) in [5.41, 5.74) is 0.0296. The fourth-order valence-electron chi connectivity index (χ4n) is 2.52. The first-order chi connectivity index (χ1) is 9.97. The SMILES string of the molecule is CC(C)C1CCN(C(=O)NCc2nc(C(=O)O)cs2)CC1. The Bertz CT molecular complexity index is 507. The number of urea groups is 1. The summed E-state index contributed by atoms with van der Waals surface area (Å²) in [6, 6.07) is -0.0933. The second-order valence-electron chi connectivity index (χ2n) is 5.66. The van der Waals surface area contributed by atoms with Crippen molar-refractivity contribution in [2.24, 2.45) is 11.8 Å². The van der Waals surface area contributed by atoms with E-state index in [0.29, 0.717) is 16.8 Å². The third-order valence-electron chi connectivity index (χ3n) is 3.93. The summed E-state index contributed by atoms with van der Waals surface area (Å²) in [4.78, 5) is 28.6. The van der Waals surface area contributed by atoms with Gasteiger partial charge in [-0.3, -0.25) is 0 Å². The molecule has 21 heavy (non-hydrogen) atoms. The van der Waals surface area contributed by atoms with Gasteiger partial charge in [-0.1, -0.05) is 13.8 Å². The van der Waals surface area contributed by atoms with Crippen molar-refractivity contribution in [1.82, 2.24) is 15.2 Å². The van der Waals surface area contributed by atoms with Crippen molar-refractivity contribution in [3.63, 3.8) is 0 Å². The molecule has 0 bridgehead atoms. The Balaban J connectivity index is 1.78. The van der Waals surface area contributed by atoms with E-state index in [1.165, 1.54) is 16.7 Å². The highest BCUT2D eigenvalue weighted by atomic mass is 32.1. The van der Waals surface area contributed by atoms with Crippen LogP contribution in [-0.4, -0.2) is 40.1 Å². The second-order valence-corrected chi connectivity index (χ2v) is 6.60. The molecule has 7 heteroatoms. The molecule has 116 valence electrons. The molecule has 1 aromatic rings. The van der Waals surface area contributed by atoms with E-state index in [2.05, 4.69) is 24.1 Å². The largest absolute Gasteiger partial charge is 0.476 e. The first kappa shape index (κ1) is 15.8. The molecule has 0 atom stereocenters. The molecule has 1 aliphatic heterocycles. The summed E-state index contributed by atoms with van der Waals surface area (Å²) >= 11 is 1.25. The van der Waals surface area contributed by atoms with E-state index in [9.17, 15) is 9.59 Å². The minimum Gasteiger partial charge on any atom is -0.476 e. The number of carbonyl (C=O) groups is 2. The van der Waals surface area contributed by atoms with Gasteiger partial charge in [0.05, 0.1) is 6.54 Å². The number of piperidine rings is 1. The predicted molar refractivity (Wildman–Crippen MR) is 80.4 cm³/mol. The number of hydrogen-bond acceptors (Lipinski definition) is 4. The van der Waals surface area contributed by atoms with Crippen molar-refractivity contribution in [2.75, 3.05) is 13.1 Å². The number of aromatic nitrogens is 1. The van der Waals surface area contributed by atoms with Crippen LogP contribution in [0, 0.1) is 11.8 Å². The average Bonchev–Trinajstić information content (AvgIpc) is 2.94. The number of rotatable bonds is 4. The van der Waals surface area contributed by atoms with E-state index in [1.54, 1.807) is 0 Å². The third kappa shape index (κ3) is 4.17. The number of carboxylic acid groups (broad SMARTS) is 1. The summed E-state index contributed by atoms with van der Waals surface area (Å²) in [6.07, 6.45) is 2.09. The van der Waals surface area contributed by atoms with Gasteiger partial charge in [0, 0.05) is 18.5 Å². The van der Waals surface area contributed by atoms with Crippen LogP contribution in [0.4, 0.5) is 4.79 Å². The summed E-state index contributed by atoms with van der Waals surface area (Å²) in [7, 11) is 0. The molecule has 6 nitrogen and oxygen atoms in total. The van der Waals surface area contributed by atoms with Crippen molar-refractivity contribution in [2.45, 2.75) is 33.2 Å². The van der Waals surface area contributed by atoms with Gasteiger partial charge in [0.2, 0.25) is 0 Å². The van der Waals surface area contributed by atoms with Gasteiger partial charge < -0.3 is 15.3 Å². The number of carbonyl (C=O) groups excluding carboxylic acids is 1. The number of carboxylic acids is 1. The van der Waals surface area contributed by atoms with Crippen molar-refractivity contribution in [3.8, 4) is 0 Å². The van der Waals surface area contributed by atoms with Crippen LogP contribution < -0.4 is 5.32 Å². The minimum atomic E-state index is -1.04. The van der Waals surface area contributed by atoms with Gasteiger partial charge in [-0.05, 0) is 24.7 Å². The summed E-state index contributed by atoms with van der Waals surface area (Å²) in [5, 5.41) is 13.7. The first-order valence-corrected chi connectivity index (χ1v) is 8.05. The van der Waals surface area contributed by atoms with Gasteiger partial charge in [-0.2, -0.15) is 0 Å². The zero-order chi connectivity index (χ0) is 15.4. The van der Waals surface area contributed by atoms with E-state index in [1.807, 2.05) is 4.90 Å². The van der Waals surface area contributed by atoms with Gasteiger partial charge in [0.1, 0.15) is 5.01 Å². The van der Waals surface area contributed by atoms with Crippen molar-refractivity contribution in [3.05, 3.63) is 16.1 Å². The summed E-state index contributed by atoms with van der Waals surface area (Å²) < 4.78 is 0. The number of aromatic carboxylic acids is 1. The second kappa shape index (κ2) is 6.89. The van der Waals surface area contributed by atoms with E-state index in [0.717, 1.165) is 25.9 Å². The van der Waals surface area contributed by atoms with E-state index >= 15 is 0 Å². The van der Waals surface area contributed by atoms with Crippen LogP contribution in [0.25, 0.3) is 0 Å². The van der Waals surface area contributed by atoms with Crippen LogP contribution in [0.3, 0.4) is 0 Å². The Morgan fingerprint density at radius 2 is 2.14 bits per heavy atom. The van der Waals surface area contributed by atoms with Crippen LogP contribution in [0.2, 0.25) is 0 Å². The lowest BCUT2D eigenvalue weighted by atomic mass is 9.87. The maximum Gasteiger partial charge on any atom is 0.355 e. The zero-order valence-electron chi connectivity index (χ0n) is 12.3. The highest BCUT2D eigenvalue weighted by molar-refractivity contribution is 7.09. The van der Waals surface area contributed by atoms with Crippen LogP contribution in [0.5, 0.6) is 0 Å². The third-order valence-corrected chi connectivity index (χ3v) is 4.78. The molecule has 0 aromatic carbocycles. The molecule has 0 radical (unpaired) electrons. The average molecular weight is 311 g/mol. The molecule has 0 aliphatic carbocycles. The lowest BCUT2D eigenvalue weighted by Gasteiger charge is -2.33. The number of nitrogens with one attached hydrogen (secondary N) is 1. The quantitative estimate of drug-likeness (QED) is 0.894. The topological polar surface area (TPSA) is 82.5 Å². The van der Waals surface area contributed by atoms with E-state index in [4.69, 9.17) is 5.11 Å². The lowest BCUT2D eigenvalue weighted by Crippen LogP contribution is -2.44. The van der Waals surface area contributed by atoms with Crippen LogP contribution in [0.1, 0.15) is 42.2 Å². The van der Waals surface area contributed by atoms with Gasteiger partial charge in [-0.15, -0.1) is 11.3 Å². The Labute approximate surface area is 128 Å². The predicted octanol–water partition coefficient (Wildman–Crippen LogP) is 2.42. The Morgan fingerprint density at radius 3 is 2.67 bits per heavy atom. The number of nitrogens with zero attached hydrogens (tertiary/aromatic N) is 2. The van der Waals surface area contributed by atoms with Crippen LogP contribution in [0.15, 0.2) is 5.38 Å². The molecule has 1 saturated heterocycles. The van der Waals surface area contributed by atoms with Gasteiger partial charge >= 0.3 is 12.0 Å². The first-order valence-electron chi connectivity index (χ1n) is 7.18. The lowest BCUT2D eigenvalue weighted by molar-refractivity contribution is 0.0691. The summed E-state index contributed by atoms with van der Waals surface area (Å²) in [5.74, 6) is 0.325. The Morgan fingerprint density at radius 1 is 1.48 bits per heavy atom. The maximum atomic E-state index is 12.1. The monoisotopic (exact) mass is 311 g/mol. The highest BCUT2D eigenvalue weighted by Crippen LogP contribution is 2.24. The fraction of sp³-hybridized carbons (Fsp3) is 0.643. The molecule has 2 N–H and O–H groups in total. The molecular formula is C14H21N3O3S. The Hall–Kier alpha value is -1.63. The van der Waals surface area contributed by atoms with E-state index in [-0.39, 0.29) is 18.3 Å². The molecule has 1 aromatic heterocycles. The molecule has 1 aliphatic rings. The van der Waals surface area contributed by atoms with Gasteiger partial charge in [0.25, 0.3) is 0 Å². The smallest absolute Gasteiger partial charge is 0.355 e. The van der Waals surface area contributed by atoms with Gasteiger partial charge in [-0.25, -0.2) is 14.6 Å². The maximum absolute atomic E-state index is 12.1. The molecule has 0 unspecified atom stereocenters. The number of hydrogen-bond donors (Lipinski definition) is 2. The van der Waals surface area contributed by atoms with Gasteiger partial charge in [0.15, 0.2) is 5.69 Å². The van der Waals surface area contributed by atoms with Crippen molar-refractivity contribution in [1.29, 1.82) is 0 Å². The number of likely N-dealkylation sites (tertiary alicyclic amines) is 1. The van der Waals surface area contributed by atoms with Crippen molar-refractivity contribution >= 4 is 23.3 Å². The molecule has 2 amide bonds. The minimum absolute atomic E-state index is 0.0296. The number of amides is 2. The zero-order valence-corrected chi connectivity index (χ0v) is 13.2. The number of thiazole rings is 1. The normalized spacial score (nSPS) is 16.2. The molecule has 2 rings (SSSR count). The molecule has 1 fully saturated rings. The Kier molecular flexibility index (Phi) is 5.17. The standard InChI is InChI=1S/C14H21N3O3S/c1-9(2)10-3-5-17(6-4-10)14(20)15-7-12-16-11(8-21-12)13(18)19/h8-10H,3-7H2,1-2H3,(H,15,20)(H,18,19). The molecule has 0 spiro atoms. The summed E-state index contributed by atoms with van der Waals surface area (Å²) in [6.45, 7) is 6.30. The highest BCUT2D eigenvalue weighted by Gasteiger charge is 2.24. The van der Waals surface area contributed by atoms with Crippen LogP contribution in [-0.2, 0) is 6.54 Å². The fourth-order valence-corrected chi connectivity index (χ4v) is 3.23. The molecular weight excluding hydrogens is 290 g/mol. The molecule has 0 saturated carbocycles. The van der Waals surface area contributed by atoms with E-state index < -0.39 is 5.97 Å². The molecule has 2 heterocycles. The van der Waals surface area contributed by atoms with Crippen molar-refractivity contribution < 1.29 is 14.7 Å².